The summed E-state index contributed by atoms with van der Waals surface area (Å²) in [5.41, 5.74) is 6.75. The number of nitrogens with two attached hydrogens (primary N) is 1. The van der Waals surface area contributed by atoms with E-state index in [4.69, 9.17) is 10.5 Å². The molecule has 0 saturated heterocycles. The quantitative estimate of drug-likeness (QED) is 0.846. The van der Waals surface area contributed by atoms with Gasteiger partial charge in [0.2, 0.25) is 5.91 Å². The minimum Gasteiger partial charge on any atom is -0.497 e. The summed E-state index contributed by atoms with van der Waals surface area (Å²) >= 11 is 0. The van der Waals surface area contributed by atoms with Gasteiger partial charge < -0.3 is 15.8 Å². The van der Waals surface area contributed by atoms with Crippen molar-refractivity contribution in [3.8, 4) is 5.75 Å². The van der Waals surface area contributed by atoms with Crippen LogP contribution in [0.1, 0.15) is 22.3 Å². The van der Waals surface area contributed by atoms with Crippen molar-refractivity contribution < 1.29 is 14.3 Å². The molecule has 0 unspecified atom stereocenters. The van der Waals surface area contributed by atoms with Crippen molar-refractivity contribution >= 4 is 17.4 Å². The van der Waals surface area contributed by atoms with Crippen LogP contribution >= 0.6 is 0 Å². The number of anilines is 1. The highest BCUT2D eigenvalue weighted by atomic mass is 16.5. The zero-order chi connectivity index (χ0) is 15.7. The van der Waals surface area contributed by atoms with Gasteiger partial charge in [-0.2, -0.15) is 0 Å². The molecule has 1 atom stereocenters. The number of Topliss-reactive ketones (excluding diaryl/α,β-unsaturated/α-hetero) is 1. The summed E-state index contributed by atoms with van der Waals surface area (Å²) in [6.45, 7) is 0. The lowest BCUT2D eigenvalue weighted by atomic mass is 9.85. The Bertz CT molecular complexity index is 740. The molecular formula is C17H16N2O3. The number of nitrogens with one attached hydrogen (secondary N) is 1. The van der Waals surface area contributed by atoms with Crippen LogP contribution in [-0.2, 0) is 10.3 Å². The molecule has 0 bridgehead atoms. The van der Waals surface area contributed by atoms with Crippen molar-refractivity contribution in [1.29, 1.82) is 0 Å². The van der Waals surface area contributed by atoms with Crippen LogP contribution in [0.2, 0.25) is 0 Å². The van der Waals surface area contributed by atoms with Crippen LogP contribution in [-0.4, -0.2) is 18.8 Å². The largest absolute Gasteiger partial charge is 0.497 e. The molecule has 2 aromatic carbocycles. The second-order valence-electron chi connectivity index (χ2n) is 5.30. The van der Waals surface area contributed by atoms with E-state index in [2.05, 4.69) is 5.32 Å². The van der Waals surface area contributed by atoms with Gasteiger partial charge in [0, 0.05) is 23.2 Å². The Balaban J connectivity index is 1.88. The standard InChI is InChI=1S/C17H16N2O3/c1-22-12-8-6-11(7-9-12)15(20)10-17(18)13-4-2-3-5-14(13)19-16(17)21/h2-9H,10,18H2,1H3,(H,19,21)/t17-/m0/s1. The molecule has 0 aromatic heterocycles. The first-order valence-electron chi connectivity index (χ1n) is 6.92. The Kier molecular flexibility index (Phi) is 3.42. The summed E-state index contributed by atoms with van der Waals surface area (Å²) in [6, 6.07) is 13.9. The molecule has 1 heterocycles. The number of methoxy groups -OCH3 is 1. The van der Waals surface area contributed by atoms with Crippen LogP contribution < -0.4 is 15.8 Å². The second-order valence-corrected chi connectivity index (χ2v) is 5.30. The summed E-state index contributed by atoms with van der Waals surface area (Å²) in [5.74, 6) is 0.135. The average molecular weight is 296 g/mol. The molecule has 2 aromatic rings. The summed E-state index contributed by atoms with van der Waals surface area (Å²) < 4.78 is 5.07. The third kappa shape index (κ3) is 2.25. The van der Waals surface area contributed by atoms with Gasteiger partial charge in [-0.25, -0.2) is 0 Å². The zero-order valence-electron chi connectivity index (χ0n) is 12.1. The number of ether oxygens (including phenoxy) is 1. The zero-order valence-corrected chi connectivity index (χ0v) is 12.1. The molecule has 0 saturated carbocycles. The molecule has 1 amide bonds. The molecule has 3 N–H and O–H groups in total. The van der Waals surface area contributed by atoms with Crippen molar-refractivity contribution in [3.05, 3.63) is 59.7 Å². The lowest BCUT2D eigenvalue weighted by Gasteiger charge is -2.21. The van der Waals surface area contributed by atoms with E-state index in [1.54, 1.807) is 49.6 Å². The van der Waals surface area contributed by atoms with Crippen LogP contribution in [0, 0.1) is 0 Å². The van der Waals surface area contributed by atoms with E-state index in [-0.39, 0.29) is 18.1 Å². The Morgan fingerprint density at radius 3 is 2.55 bits per heavy atom. The van der Waals surface area contributed by atoms with E-state index in [0.29, 0.717) is 22.6 Å². The Morgan fingerprint density at radius 1 is 1.18 bits per heavy atom. The van der Waals surface area contributed by atoms with Gasteiger partial charge in [-0.15, -0.1) is 0 Å². The molecule has 22 heavy (non-hydrogen) atoms. The predicted octanol–water partition coefficient (Wildman–Crippen LogP) is 2.07. The van der Waals surface area contributed by atoms with Gasteiger partial charge in [0.05, 0.1) is 7.11 Å². The molecule has 112 valence electrons. The van der Waals surface area contributed by atoms with Crippen molar-refractivity contribution in [2.75, 3.05) is 12.4 Å². The van der Waals surface area contributed by atoms with Crippen LogP contribution in [0.5, 0.6) is 5.75 Å². The SMILES string of the molecule is COc1ccc(C(=O)C[C@@]2(N)C(=O)Nc3ccccc32)cc1. The molecule has 1 aliphatic heterocycles. The number of rotatable bonds is 4. The third-order valence-corrected chi connectivity index (χ3v) is 3.91. The van der Waals surface area contributed by atoms with Gasteiger partial charge in [0.1, 0.15) is 11.3 Å². The predicted molar refractivity (Wildman–Crippen MR) is 82.9 cm³/mol. The minimum absolute atomic E-state index is 0.0812. The number of carbonyl (C=O) groups is 2. The number of fused-ring (bicyclic) bond motifs is 1. The Morgan fingerprint density at radius 2 is 1.86 bits per heavy atom. The number of carbonyl (C=O) groups excluding carboxylic acids is 2. The van der Waals surface area contributed by atoms with Gasteiger partial charge >= 0.3 is 0 Å². The van der Waals surface area contributed by atoms with E-state index in [1.807, 2.05) is 6.07 Å². The molecule has 3 rings (SSSR count). The van der Waals surface area contributed by atoms with Crippen LogP contribution in [0.3, 0.4) is 0 Å². The first-order chi connectivity index (χ1) is 10.5. The smallest absolute Gasteiger partial charge is 0.249 e. The molecule has 0 aliphatic carbocycles. The van der Waals surface area contributed by atoms with E-state index < -0.39 is 5.54 Å². The second kappa shape index (κ2) is 5.27. The summed E-state index contributed by atoms with van der Waals surface area (Å²) in [6.07, 6.45) is -0.0812. The van der Waals surface area contributed by atoms with Crippen LogP contribution in [0.15, 0.2) is 48.5 Å². The normalized spacial score (nSPS) is 19.5. The number of amides is 1. The Hall–Kier alpha value is -2.66. The number of benzene rings is 2. The molecular weight excluding hydrogens is 280 g/mol. The van der Waals surface area contributed by atoms with Gasteiger partial charge in [-0.1, -0.05) is 18.2 Å². The first kappa shape index (κ1) is 14.3. The molecule has 0 radical (unpaired) electrons. The van der Waals surface area contributed by atoms with Crippen molar-refractivity contribution in [3.63, 3.8) is 0 Å². The average Bonchev–Trinajstić information content (AvgIpc) is 2.79. The molecule has 0 fully saturated rings. The number of hydrogen-bond donors (Lipinski definition) is 2. The monoisotopic (exact) mass is 296 g/mol. The topological polar surface area (TPSA) is 81.4 Å². The van der Waals surface area contributed by atoms with Crippen molar-refractivity contribution in [1.82, 2.24) is 0 Å². The maximum absolute atomic E-state index is 12.5. The van der Waals surface area contributed by atoms with E-state index in [9.17, 15) is 9.59 Å². The highest BCUT2D eigenvalue weighted by Gasteiger charge is 2.44. The summed E-state index contributed by atoms with van der Waals surface area (Å²) in [5, 5.41) is 2.73. The minimum atomic E-state index is -1.33. The van der Waals surface area contributed by atoms with E-state index in [0.717, 1.165) is 0 Å². The number of hydrogen-bond acceptors (Lipinski definition) is 4. The molecule has 1 aliphatic rings. The van der Waals surface area contributed by atoms with Gasteiger partial charge in [-0.05, 0) is 30.3 Å². The van der Waals surface area contributed by atoms with Crippen LogP contribution in [0.4, 0.5) is 5.69 Å². The fourth-order valence-corrected chi connectivity index (χ4v) is 2.65. The third-order valence-electron chi connectivity index (χ3n) is 3.91. The van der Waals surface area contributed by atoms with Gasteiger partial charge in [0.25, 0.3) is 0 Å². The Labute approximate surface area is 128 Å². The van der Waals surface area contributed by atoms with E-state index in [1.165, 1.54) is 0 Å². The molecule has 5 heteroatoms. The number of para-hydroxylation sites is 1. The van der Waals surface area contributed by atoms with Crippen LogP contribution in [0.25, 0.3) is 0 Å². The molecule has 0 spiro atoms. The summed E-state index contributed by atoms with van der Waals surface area (Å²) in [7, 11) is 1.56. The van der Waals surface area contributed by atoms with Gasteiger partial charge in [-0.3, -0.25) is 9.59 Å². The first-order valence-corrected chi connectivity index (χ1v) is 6.92. The fourth-order valence-electron chi connectivity index (χ4n) is 2.65. The highest BCUT2D eigenvalue weighted by molar-refractivity contribution is 6.10. The van der Waals surface area contributed by atoms with E-state index >= 15 is 0 Å². The lowest BCUT2D eigenvalue weighted by Crippen LogP contribution is -2.45. The van der Waals surface area contributed by atoms with Gasteiger partial charge in [0.15, 0.2) is 5.78 Å². The van der Waals surface area contributed by atoms with Crippen molar-refractivity contribution in [2.24, 2.45) is 5.73 Å². The lowest BCUT2D eigenvalue weighted by molar-refractivity contribution is -0.120. The maximum Gasteiger partial charge on any atom is 0.249 e. The number of ketones is 1. The maximum atomic E-state index is 12.5. The summed E-state index contributed by atoms with van der Waals surface area (Å²) in [4.78, 5) is 24.7. The van der Waals surface area contributed by atoms with Crippen molar-refractivity contribution in [2.45, 2.75) is 12.0 Å². The highest BCUT2D eigenvalue weighted by Crippen LogP contribution is 2.36. The molecule has 5 nitrogen and oxygen atoms in total. The fraction of sp³-hybridized carbons (Fsp3) is 0.176.